The fraction of sp³-hybridized carbons (Fsp3) is 0. The molecule has 1 aromatic heterocycles. The van der Waals surface area contributed by atoms with Crippen molar-refractivity contribution in [2.75, 3.05) is 5.32 Å². The van der Waals surface area contributed by atoms with Crippen molar-refractivity contribution in [2.24, 2.45) is 4.99 Å². The number of hydrogen-bond acceptors (Lipinski definition) is 5. The van der Waals surface area contributed by atoms with E-state index in [1.165, 1.54) is 18.3 Å². The van der Waals surface area contributed by atoms with Gasteiger partial charge < -0.3 is 15.4 Å². The highest BCUT2D eigenvalue weighted by Gasteiger charge is 2.31. The number of rotatable bonds is 1. The summed E-state index contributed by atoms with van der Waals surface area (Å²) in [7, 11) is -4.33. The molecule has 0 saturated carbocycles. The molecule has 0 atom stereocenters. The van der Waals surface area contributed by atoms with Crippen LogP contribution in [-0.2, 0) is 10.0 Å². The molecule has 0 saturated heterocycles. The Morgan fingerprint density at radius 2 is 1.88 bits per heavy atom. The number of fused-ring (bicyclic) bond motifs is 2. The Morgan fingerprint density at radius 3 is 2.65 bits per heavy atom. The van der Waals surface area contributed by atoms with Gasteiger partial charge in [-0.05, 0) is 24.3 Å². The molecule has 0 radical (unpaired) electrons. The van der Waals surface area contributed by atoms with Crippen molar-refractivity contribution in [2.45, 2.75) is 4.90 Å². The third-order valence-corrected chi connectivity index (χ3v) is 5.11. The zero-order valence-electron chi connectivity index (χ0n) is 12.6. The fourth-order valence-electron chi connectivity index (χ4n) is 2.59. The van der Waals surface area contributed by atoms with Crippen LogP contribution in [0.2, 0.25) is 0 Å². The fourth-order valence-corrected chi connectivity index (χ4v) is 3.71. The summed E-state index contributed by atoms with van der Waals surface area (Å²) >= 11 is 0. The number of nitrogens with one attached hydrogen (secondary N) is 3. The number of aliphatic imine (C=N–C) groups is 1. The number of phenols is 1. The van der Waals surface area contributed by atoms with Crippen LogP contribution in [0.1, 0.15) is 0 Å². The summed E-state index contributed by atoms with van der Waals surface area (Å²) in [5.74, 6) is -5.37. The van der Waals surface area contributed by atoms with E-state index in [1.54, 1.807) is 0 Å². The van der Waals surface area contributed by atoms with Crippen LogP contribution < -0.4 is 10.0 Å². The maximum Gasteiger partial charge on any atom is 0.266 e. The Hall–Kier alpha value is -3.21. The van der Waals surface area contributed by atoms with Crippen LogP contribution in [-0.4, -0.2) is 24.5 Å². The van der Waals surface area contributed by atoms with Crippen LogP contribution in [0.3, 0.4) is 0 Å². The Balaban J connectivity index is 1.81. The predicted molar refractivity (Wildman–Crippen MR) is 87.3 cm³/mol. The number of aromatic hydroxyl groups is 1. The molecule has 0 unspecified atom stereocenters. The molecule has 1 aliphatic rings. The average molecular weight is 382 g/mol. The minimum atomic E-state index is -4.33. The first-order valence-electron chi connectivity index (χ1n) is 7.12. The van der Waals surface area contributed by atoms with Gasteiger partial charge in [0.05, 0.1) is 5.52 Å². The van der Waals surface area contributed by atoms with E-state index in [4.69, 9.17) is 0 Å². The van der Waals surface area contributed by atoms with Gasteiger partial charge in [0.2, 0.25) is 11.8 Å². The lowest BCUT2D eigenvalue weighted by Crippen LogP contribution is -2.38. The van der Waals surface area contributed by atoms with Gasteiger partial charge in [-0.2, -0.15) is 4.39 Å². The number of phenolic OH excluding ortho intramolecular Hbond substituents is 1. The zero-order valence-corrected chi connectivity index (χ0v) is 13.5. The first kappa shape index (κ1) is 16.3. The summed E-state index contributed by atoms with van der Waals surface area (Å²) in [6, 6.07) is 4.54. The Kier molecular flexibility index (Phi) is 3.37. The Morgan fingerprint density at radius 1 is 1.12 bits per heavy atom. The van der Waals surface area contributed by atoms with Crippen LogP contribution in [0.25, 0.3) is 10.9 Å². The van der Waals surface area contributed by atoms with Crippen LogP contribution in [0.15, 0.2) is 40.4 Å². The third-order valence-electron chi connectivity index (χ3n) is 3.76. The van der Waals surface area contributed by atoms with Crippen LogP contribution in [0, 0.1) is 17.5 Å². The number of halogens is 3. The van der Waals surface area contributed by atoms with Gasteiger partial charge in [-0.25, -0.2) is 26.9 Å². The number of guanidine groups is 1. The molecule has 1 aliphatic heterocycles. The van der Waals surface area contributed by atoms with Crippen LogP contribution in [0.5, 0.6) is 5.75 Å². The molecule has 4 rings (SSSR count). The molecule has 0 bridgehead atoms. The molecule has 2 heterocycles. The van der Waals surface area contributed by atoms with Gasteiger partial charge in [0, 0.05) is 17.3 Å². The van der Waals surface area contributed by atoms with Crippen molar-refractivity contribution in [3.05, 3.63) is 47.9 Å². The van der Waals surface area contributed by atoms with E-state index in [0.717, 1.165) is 6.07 Å². The van der Waals surface area contributed by atoms with Crippen molar-refractivity contribution in [3.8, 4) is 5.75 Å². The maximum absolute atomic E-state index is 14.0. The summed E-state index contributed by atoms with van der Waals surface area (Å²) < 4.78 is 67.4. The quantitative estimate of drug-likeness (QED) is 0.519. The third kappa shape index (κ3) is 2.44. The van der Waals surface area contributed by atoms with E-state index >= 15 is 0 Å². The highest BCUT2D eigenvalue weighted by atomic mass is 32.2. The van der Waals surface area contributed by atoms with Gasteiger partial charge in [0.15, 0.2) is 11.6 Å². The van der Waals surface area contributed by atoms with Crippen molar-refractivity contribution >= 4 is 38.3 Å². The second kappa shape index (κ2) is 5.39. The molecule has 0 aliphatic carbocycles. The second-order valence-corrected chi connectivity index (χ2v) is 7.11. The lowest BCUT2D eigenvalue weighted by molar-refractivity contribution is 0.405. The van der Waals surface area contributed by atoms with Crippen molar-refractivity contribution in [1.82, 2.24) is 9.71 Å². The SMILES string of the molecule is O=S1(=O)NC(Nc2cc(F)c3cc[nH]c3c2)=Nc2c1cc(F)c(F)c2O. The number of H-pyrrole nitrogens is 1. The normalized spacial score (nSPS) is 15.3. The van der Waals surface area contributed by atoms with Gasteiger partial charge >= 0.3 is 0 Å². The topological polar surface area (TPSA) is 107 Å². The molecule has 0 spiro atoms. The lowest BCUT2D eigenvalue weighted by atomic mass is 10.2. The highest BCUT2D eigenvalue weighted by molar-refractivity contribution is 7.90. The van der Waals surface area contributed by atoms with Gasteiger partial charge in [-0.1, -0.05) is 0 Å². The van der Waals surface area contributed by atoms with E-state index in [2.05, 4.69) is 15.3 Å². The number of aromatic amines is 1. The molecule has 2 aromatic carbocycles. The Bertz CT molecular complexity index is 1200. The standard InChI is InChI=1S/C15H9F3N4O3S/c16-8-3-6(4-10-7(8)1-2-19-10)20-15-21-13-11(26(24,25)22-15)5-9(17)12(18)14(13)23/h1-5,19,23H,(H2,20,21,22). The maximum atomic E-state index is 14.0. The van der Waals surface area contributed by atoms with Gasteiger partial charge in [-0.3, -0.25) is 0 Å². The molecule has 0 fully saturated rings. The predicted octanol–water partition coefficient (Wildman–Crippen LogP) is 2.68. The van der Waals surface area contributed by atoms with Crippen molar-refractivity contribution < 1.29 is 26.7 Å². The average Bonchev–Trinajstić information content (AvgIpc) is 3.03. The number of aromatic nitrogens is 1. The van der Waals surface area contributed by atoms with E-state index < -0.39 is 49.8 Å². The largest absolute Gasteiger partial charge is 0.503 e. The first-order chi connectivity index (χ1) is 12.3. The van der Waals surface area contributed by atoms with Crippen LogP contribution in [0.4, 0.5) is 24.5 Å². The second-order valence-electron chi connectivity index (χ2n) is 5.46. The number of sulfonamides is 1. The van der Waals surface area contributed by atoms with E-state index in [1.807, 2.05) is 4.72 Å². The summed E-state index contributed by atoms with van der Waals surface area (Å²) in [5, 5.41) is 12.6. The molecular weight excluding hydrogens is 373 g/mol. The number of benzene rings is 2. The van der Waals surface area contributed by atoms with Crippen molar-refractivity contribution in [1.29, 1.82) is 0 Å². The summed E-state index contributed by atoms with van der Waals surface area (Å²) in [4.78, 5) is 5.85. The molecule has 0 amide bonds. The molecule has 4 N–H and O–H groups in total. The van der Waals surface area contributed by atoms with Gasteiger partial charge in [0.1, 0.15) is 16.4 Å². The monoisotopic (exact) mass is 382 g/mol. The summed E-state index contributed by atoms with van der Waals surface area (Å²) in [6.07, 6.45) is 1.53. The number of nitrogens with zero attached hydrogens (tertiary/aromatic N) is 1. The molecule has 26 heavy (non-hydrogen) atoms. The first-order valence-corrected chi connectivity index (χ1v) is 8.61. The molecule has 11 heteroatoms. The number of hydrogen-bond donors (Lipinski definition) is 4. The molecular formula is C15H9F3N4O3S. The Labute approximate surface area is 144 Å². The smallest absolute Gasteiger partial charge is 0.266 e. The lowest BCUT2D eigenvalue weighted by Gasteiger charge is -2.20. The van der Waals surface area contributed by atoms with E-state index in [-0.39, 0.29) is 5.69 Å². The van der Waals surface area contributed by atoms with E-state index in [9.17, 15) is 26.7 Å². The summed E-state index contributed by atoms with van der Waals surface area (Å²) in [5.41, 5.74) is -0.0703. The van der Waals surface area contributed by atoms with Gasteiger partial charge in [0.25, 0.3) is 10.0 Å². The van der Waals surface area contributed by atoms with E-state index in [0.29, 0.717) is 17.0 Å². The molecule has 7 nitrogen and oxygen atoms in total. The minimum Gasteiger partial charge on any atom is -0.503 e. The van der Waals surface area contributed by atoms with Crippen molar-refractivity contribution in [3.63, 3.8) is 0 Å². The van der Waals surface area contributed by atoms with Gasteiger partial charge in [-0.15, -0.1) is 0 Å². The molecule has 134 valence electrons. The minimum absolute atomic E-state index is 0.143. The van der Waals surface area contributed by atoms with Crippen LogP contribution >= 0.6 is 0 Å². The molecule has 3 aromatic rings. The summed E-state index contributed by atoms with van der Waals surface area (Å²) in [6.45, 7) is 0. The highest BCUT2D eigenvalue weighted by Crippen LogP contribution is 2.39. The number of anilines is 1. The zero-order chi connectivity index (χ0) is 18.6.